The Morgan fingerprint density at radius 3 is 2.27 bits per heavy atom. The van der Waals surface area contributed by atoms with E-state index in [9.17, 15) is 9.59 Å². The number of rotatable bonds is 5. The monoisotopic (exact) mass is 216 g/mol. The van der Waals surface area contributed by atoms with Crippen molar-refractivity contribution in [3.05, 3.63) is 0 Å². The van der Waals surface area contributed by atoms with Gasteiger partial charge < -0.3 is 15.4 Å². The first-order chi connectivity index (χ1) is 6.91. The van der Waals surface area contributed by atoms with Crippen LogP contribution in [0.15, 0.2) is 0 Å². The summed E-state index contributed by atoms with van der Waals surface area (Å²) >= 11 is 0. The van der Waals surface area contributed by atoms with Crippen LogP contribution in [-0.2, 0) is 9.53 Å². The average molecular weight is 216 g/mol. The van der Waals surface area contributed by atoms with Gasteiger partial charge in [0.25, 0.3) is 0 Å². The Morgan fingerprint density at radius 1 is 1.20 bits per heavy atom. The van der Waals surface area contributed by atoms with Crippen LogP contribution < -0.4 is 10.6 Å². The Bertz CT molecular complexity index is 215. The van der Waals surface area contributed by atoms with Crippen molar-refractivity contribution in [2.75, 3.05) is 13.2 Å². The molecule has 88 valence electrons. The predicted molar refractivity (Wildman–Crippen MR) is 57.5 cm³/mol. The molecule has 0 spiro atoms. The van der Waals surface area contributed by atoms with E-state index >= 15 is 0 Å². The van der Waals surface area contributed by atoms with Crippen molar-refractivity contribution in [3.8, 4) is 0 Å². The van der Waals surface area contributed by atoms with Crippen molar-refractivity contribution in [2.45, 2.75) is 33.7 Å². The zero-order chi connectivity index (χ0) is 11.8. The normalized spacial score (nSPS) is 10.3. The highest BCUT2D eigenvalue weighted by atomic mass is 16.5. The quantitative estimate of drug-likeness (QED) is 0.717. The molecule has 2 N–H and O–H groups in total. The van der Waals surface area contributed by atoms with Crippen LogP contribution in [0.3, 0.4) is 0 Å². The molecule has 0 bridgehead atoms. The number of hydrogen-bond acceptors (Lipinski definition) is 3. The maximum absolute atomic E-state index is 11.1. The summed E-state index contributed by atoms with van der Waals surface area (Å²) < 4.78 is 4.83. The molecule has 0 rings (SSSR count). The fourth-order valence-corrected chi connectivity index (χ4v) is 0.819. The van der Waals surface area contributed by atoms with Crippen LogP contribution in [0.2, 0.25) is 0 Å². The summed E-state index contributed by atoms with van der Waals surface area (Å²) in [6, 6.07) is 0.0750. The fourth-order valence-electron chi connectivity index (χ4n) is 0.819. The molecular weight excluding hydrogens is 196 g/mol. The van der Waals surface area contributed by atoms with Gasteiger partial charge in [0.05, 0.1) is 6.61 Å². The Morgan fingerprint density at radius 2 is 1.80 bits per heavy atom. The van der Waals surface area contributed by atoms with E-state index in [-0.39, 0.29) is 18.5 Å². The number of carbonyl (C=O) groups excluding carboxylic acids is 2. The topological polar surface area (TPSA) is 67.4 Å². The molecule has 0 saturated heterocycles. The number of carbonyl (C=O) groups is 2. The number of ether oxygens (including phenoxy) is 1. The molecule has 2 amide bonds. The summed E-state index contributed by atoms with van der Waals surface area (Å²) in [6.45, 7) is 7.91. The molecule has 0 aliphatic heterocycles. The van der Waals surface area contributed by atoms with E-state index in [1.807, 2.05) is 27.7 Å². The second-order valence-corrected chi connectivity index (χ2v) is 4.07. The van der Waals surface area contributed by atoms with Gasteiger partial charge in [0.15, 0.2) is 0 Å². The average Bonchev–Trinajstić information content (AvgIpc) is 2.10. The van der Waals surface area contributed by atoms with E-state index in [1.54, 1.807) is 0 Å². The molecular formula is C10H20N2O3. The van der Waals surface area contributed by atoms with Gasteiger partial charge in [0, 0.05) is 6.04 Å². The summed E-state index contributed by atoms with van der Waals surface area (Å²) in [4.78, 5) is 22.1. The second kappa shape index (κ2) is 7.09. The molecule has 15 heavy (non-hydrogen) atoms. The third-order valence-electron chi connectivity index (χ3n) is 1.39. The van der Waals surface area contributed by atoms with Crippen molar-refractivity contribution < 1.29 is 14.3 Å². The minimum Gasteiger partial charge on any atom is -0.449 e. The van der Waals surface area contributed by atoms with Gasteiger partial charge in [-0.1, -0.05) is 13.8 Å². The van der Waals surface area contributed by atoms with E-state index in [0.717, 1.165) is 0 Å². The molecule has 0 fully saturated rings. The maximum Gasteiger partial charge on any atom is 0.407 e. The van der Waals surface area contributed by atoms with Crippen LogP contribution in [0.5, 0.6) is 0 Å². The highest BCUT2D eigenvalue weighted by Gasteiger charge is 2.07. The van der Waals surface area contributed by atoms with Gasteiger partial charge in [0.2, 0.25) is 5.91 Å². The zero-order valence-electron chi connectivity index (χ0n) is 9.79. The van der Waals surface area contributed by atoms with E-state index in [4.69, 9.17) is 4.74 Å². The van der Waals surface area contributed by atoms with Gasteiger partial charge >= 0.3 is 6.09 Å². The van der Waals surface area contributed by atoms with Gasteiger partial charge in [-0.25, -0.2) is 4.79 Å². The number of alkyl carbamates (subject to hydrolysis) is 1. The van der Waals surface area contributed by atoms with E-state index < -0.39 is 6.09 Å². The van der Waals surface area contributed by atoms with Crippen LogP contribution in [-0.4, -0.2) is 31.2 Å². The Labute approximate surface area is 90.6 Å². The molecule has 0 aliphatic rings. The molecule has 0 radical (unpaired) electrons. The van der Waals surface area contributed by atoms with Gasteiger partial charge in [-0.15, -0.1) is 0 Å². The van der Waals surface area contributed by atoms with Crippen LogP contribution in [0, 0.1) is 5.92 Å². The van der Waals surface area contributed by atoms with Gasteiger partial charge in [-0.3, -0.25) is 4.79 Å². The van der Waals surface area contributed by atoms with Crippen LogP contribution in [0.25, 0.3) is 0 Å². The van der Waals surface area contributed by atoms with E-state index in [0.29, 0.717) is 12.5 Å². The van der Waals surface area contributed by atoms with E-state index in [2.05, 4.69) is 10.6 Å². The molecule has 0 heterocycles. The third-order valence-corrected chi connectivity index (χ3v) is 1.39. The fraction of sp³-hybridized carbons (Fsp3) is 0.800. The standard InChI is InChI=1S/C10H20N2O3/c1-7(2)6-15-10(14)11-5-9(13)12-8(3)4/h7-8H,5-6H2,1-4H3,(H,11,14)(H,12,13). The van der Waals surface area contributed by atoms with Gasteiger partial charge in [-0.05, 0) is 19.8 Å². The number of hydrogen-bond donors (Lipinski definition) is 2. The first-order valence-corrected chi connectivity index (χ1v) is 5.11. The van der Waals surface area contributed by atoms with Gasteiger partial charge in [0.1, 0.15) is 6.54 Å². The van der Waals surface area contributed by atoms with Crippen molar-refractivity contribution in [1.82, 2.24) is 10.6 Å². The molecule has 0 saturated carbocycles. The minimum atomic E-state index is -0.553. The number of nitrogens with one attached hydrogen (secondary N) is 2. The maximum atomic E-state index is 11.1. The first kappa shape index (κ1) is 13.7. The lowest BCUT2D eigenvalue weighted by Gasteiger charge is -2.10. The van der Waals surface area contributed by atoms with Crippen molar-refractivity contribution in [2.24, 2.45) is 5.92 Å². The van der Waals surface area contributed by atoms with Crippen molar-refractivity contribution >= 4 is 12.0 Å². The lowest BCUT2D eigenvalue weighted by atomic mass is 10.2. The molecule has 5 nitrogen and oxygen atoms in total. The van der Waals surface area contributed by atoms with E-state index in [1.165, 1.54) is 0 Å². The molecule has 0 aromatic rings. The summed E-state index contributed by atoms with van der Waals surface area (Å²) in [5.74, 6) is 0.0757. The summed E-state index contributed by atoms with van der Waals surface area (Å²) in [7, 11) is 0. The molecule has 0 aliphatic carbocycles. The van der Waals surface area contributed by atoms with Crippen LogP contribution in [0.4, 0.5) is 4.79 Å². The Kier molecular flexibility index (Phi) is 6.49. The molecule has 0 atom stereocenters. The highest BCUT2D eigenvalue weighted by Crippen LogP contribution is 1.92. The Hall–Kier alpha value is -1.26. The molecule has 0 aromatic heterocycles. The minimum absolute atomic E-state index is 0.0465. The third kappa shape index (κ3) is 9.05. The lowest BCUT2D eigenvalue weighted by Crippen LogP contribution is -2.40. The predicted octanol–water partition coefficient (Wildman–Crippen LogP) is 0.893. The van der Waals surface area contributed by atoms with Crippen LogP contribution in [0.1, 0.15) is 27.7 Å². The van der Waals surface area contributed by atoms with Crippen molar-refractivity contribution in [1.29, 1.82) is 0 Å². The SMILES string of the molecule is CC(C)COC(=O)NCC(=O)NC(C)C. The van der Waals surface area contributed by atoms with Gasteiger partial charge in [-0.2, -0.15) is 0 Å². The van der Waals surface area contributed by atoms with Crippen molar-refractivity contribution in [3.63, 3.8) is 0 Å². The zero-order valence-corrected chi connectivity index (χ0v) is 9.79. The summed E-state index contributed by atoms with van der Waals surface area (Å²) in [5, 5.41) is 5.02. The summed E-state index contributed by atoms with van der Waals surface area (Å²) in [6.07, 6.45) is -0.553. The summed E-state index contributed by atoms with van der Waals surface area (Å²) in [5.41, 5.74) is 0. The molecule has 0 aromatic carbocycles. The Balaban J connectivity index is 3.58. The first-order valence-electron chi connectivity index (χ1n) is 5.11. The van der Waals surface area contributed by atoms with Crippen LogP contribution >= 0.6 is 0 Å². The largest absolute Gasteiger partial charge is 0.449 e. The number of amides is 2. The molecule has 5 heteroatoms. The lowest BCUT2D eigenvalue weighted by molar-refractivity contribution is -0.120. The second-order valence-electron chi connectivity index (χ2n) is 4.07. The molecule has 0 unspecified atom stereocenters. The smallest absolute Gasteiger partial charge is 0.407 e. The highest BCUT2D eigenvalue weighted by molar-refractivity contribution is 5.82.